The van der Waals surface area contributed by atoms with E-state index in [1.54, 1.807) is 0 Å². The molecule has 5 aromatic rings. The normalized spacial score (nSPS) is 13.3. The molecule has 2 aliphatic heterocycles. The summed E-state index contributed by atoms with van der Waals surface area (Å²) >= 11 is 0. The van der Waals surface area contributed by atoms with E-state index in [0.29, 0.717) is 0 Å². The first-order valence-corrected chi connectivity index (χ1v) is 9.22. The third kappa shape index (κ3) is 1.42. The van der Waals surface area contributed by atoms with Gasteiger partial charge in [-0.2, -0.15) is 0 Å². The van der Waals surface area contributed by atoms with Gasteiger partial charge >= 0.3 is 6.85 Å². The molecule has 0 N–H and O–H groups in total. The molecule has 4 aromatic carbocycles. The number of hydrogen-bond acceptors (Lipinski definition) is 1. The molecule has 3 nitrogen and oxygen atoms in total. The maximum Gasteiger partial charge on any atom is 0.354 e. The van der Waals surface area contributed by atoms with E-state index in [0.717, 1.165) is 16.6 Å². The molecule has 1 aromatic heterocycles. The quantitative estimate of drug-likeness (QED) is 0.389. The van der Waals surface area contributed by atoms with Crippen LogP contribution in [0.5, 0.6) is 0 Å². The van der Waals surface area contributed by atoms with Gasteiger partial charge in [0.15, 0.2) is 0 Å². The predicted molar refractivity (Wildman–Crippen MR) is 111 cm³/mol. The molecule has 0 fully saturated rings. The molecule has 4 heteroatoms. The largest absolute Gasteiger partial charge is 0.354 e. The molecule has 0 saturated heterocycles. The van der Waals surface area contributed by atoms with Crippen LogP contribution < -0.4 is 16.5 Å². The average molecular weight is 344 g/mol. The monoisotopic (exact) mass is 344 g/mol. The van der Waals surface area contributed by atoms with Gasteiger partial charge in [-0.1, -0.05) is 60.7 Å². The summed E-state index contributed by atoms with van der Waals surface area (Å²) in [6.07, 6.45) is 0. The van der Waals surface area contributed by atoms with Crippen LogP contribution in [0.2, 0.25) is 0 Å². The van der Waals surface area contributed by atoms with E-state index in [1.807, 2.05) is 28.9 Å². The molecule has 0 unspecified atom stereocenters. The molecule has 3 heterocycles. The Morgan fingerprint density at radius 2 is 1.52 bits per heavy atom. The number of aromatic nitrogens is 2. The van der Waals surface area contributed by atoms with E-state index < -0.39 is 0 Å². The fourth-order valence-electron chi connectivity index (χ4n) is 5.14. The molecule has 0 saturated carbocycles. The molecule has 0 spiro atoms. The number of fused-ring (bicyclic) bond motifs is 7. The van der Waals surface area contributed by atoms with E-state index in [1.165, 1.54) is 32.8 Å². The van der Waals surface area contributed by atoms with Gasteiger partial charge in [0.1, 0.15) is 0 Å². The van der Waals surface area contributed by atoms with Gasteiger partial charge in [-0.05, 0) is 51.0 Å². The zero-order valence-electron chi connectivity index (χ0n) is 14.4. The van der Waals surface area contributed by atoms with Crippen molar-refractivity contribution in [2.45, 2.75) is 0 Å². The summed E-state index contributed by atoms with van der Waals surface area (Å²) in [6, 6.07) is 27.3. The van der Waals surface area contributed by atoms with Crippen molar-refractivity contribution in [2.24, 2.45) is 0 Å². The molecule has 0 radical (unpaired) electrons. The van der Waals surface area contributed by atoms with Gasteiger partial charge < -0.3 is 0 Å². The van der Waals surface area contributed by atoms with Crippen LogP contribution in [-0.2, 0) is 0 Å². The van der Waals surface area contributed by atoms with Crippen molar-refractivity contribution >= 4 is 39.4 Å². The first kappa shape index (κ1) is 13.6. The van der Waals surface area contributed by atoms with E-state index >= 15 is 0 Å². The number of benzene rings is 4. The molecule has 7 rings (SSSR count). The minimum Gasteiger partial charge on any atom is -0.281 e. The van der Waals surface area contributed by atoms with Crippen LogP contribution in [0.3, 0.4) is 0 Å². The van der Waals surface area contributed by atoms with Crippen LogP contribution in [-0.4, -0.2) is 16.1 Å². The van der Waals surface area contributed by atoms with Gasteiger partial charge in [0.05, 0.1) is 16.6 Å². The van der Waals surface area contributed by atoms with Crippen LogP contribution in [0, 0.1) is 0 Å². The first-order chi connectivity index (χ1) is 13.3. The fraction of sp³-hybridized carbons (Fsp3) is 0. The van der Waals surface area contributed by atoms with Crippen LogP contribution >= 0.6 is 0 Å². The van der Waals surface area contributed by atoms with Crippen molar-refractivity contribution in [1.29, 1.82) is 0 Å². The number of rotatable bonds is 0. The molecule has 0 atom stereocenters. The number of nitrogens with zero attached hydrogens (tertiary/aromatic N) is 2. The van der Waals surface area contributed by atoms with Crippen molar-refractivity contribution in [3.63, 3.8) is 0 Å². The zero-order chi connectivity index (χ0) is 17.7. The highest BCUT2D eigenvalue weighted by Gasteiger charge is 2.42. The lowest BCUT2D eigenvalue weighted by Gasteiger charge is -2.23. The van der Waals surface area contributed by atoms with Gasteiger partial charge in [-0.3, -0.25) is 14.1 Å². The van der Waals surface area contributed by atoms with Crippen molar-refractivity contribution in [3.8, 4) is 16.8 Å². The Morgan fingerprint density at radius 3 is 2.44 bits per heavy atom. The number of hydrogen-bond donors (Lipinski definition) is 0. The maximum atomic E-state index is 13.4. The summed E-state index contributed by atoms with van der Waals surface area (Å²) < 4.78 is 4.06. The Labute approximate surface area is 155 Å². The molecule has 27 heavy (non-hydrogen) atoms. The van der Waals surface area contributed by atoms with Gasteiger partial charge in [0, 0.05) is 0 Å². The summed E-state index contributed by atoms with van der Waals surface area (Å²) in [5.74, 6) is 0. The molecule has 0 amide bonds. The standard InChI is InChI=1S/C23H13BN2O/c27-23-17-8-1-2-12-19(17)25-20-13-5-10-16-15-9-3-6-14-7-4-11-18(21(14)15)24(22(16)20)26(23)25/h1-13H. The Morgan fingerprint density at radius 1 is 0.741 bits per heavy atom. The summed E-state index contributed by atoms with van der Waals surface area (Å²) in [7, 11) is 0. The van der Waals surface area contributed by atoms with Crippen LogP contribution in [0.15, 0.2) is 83.7 Å². The Bertz CT molecular complexity index is 1500. The lowest BCUT2D eigenvalue weighted by atomic mass is 9.46. The summed E-state index contributed by atoms with van der Waals surface area (Å²) in [4.78, 5) is 13.4. The van der Waals surface area contributed by atoms with Crippen LogP contribution in [0.1, 0.15) is 0 Å². The molecule has 2 aliphatic rings. The molecule has 124 valence electrons. The lowest BCUT2D eigenvalue weighted by molar-refractivity contribution is 0.830. The van der Waals surface area contributed by atoms with Crippen molar-refractivity contribution < 1.29 is 0 Å². The SMILES string of the molecule is O=c1c2ccccc2n2n1B1c3c(cccc3-2)-c2cccc3cccc1c23. The van der Waals surface area contributed by atoms with Crippen molar-refractivity contribution in [2.75, 3.05) is 0 Å². The van der Waals surface area contributed by atoms with E-state index in [-0.39, 0.29) is 12.4 Å². The highest BCUT2D eigenvalue weighted by Crippen LogP contribution is 2.35. The van der Waals surface area contributed by atoms with E-state index in [4.69, 9.17) is 0 Å². The Kier molecular flexibility index (Phi) is 2.23. The predicted octanol–water partition coefficient (Wildman–Crippen LogP) is 2.89. The van der Waals surface area contributed by atoms with Gasteiger partial charge in [0.2, 0.25) is 0 Å². The third-order valence-electron chi connectivity index (χ3n) is 6.14. The molecule has 0 aliphatic carbocycles. The smallest absolute Gasteiger partial charge is 0.281 e. The molecule has 0 bridgehead atoms. The average Bonchev–Trinajstić information content (AvgIpc) is 3.21. The van der Waals surface area contributed by atoms with E-state index in [9.17, 15) is 4.79 Å². The minimum atomic E-state index is -0.0744. The zero-order valence-corrected chi connectivity index (χ0v) is 14.4. The highest BCUT2D eigenvalue weighted by molar-refractivity contribution is 6.89. The fourth-order valence-corrected chi connectivity index (χ4v) is 5.14. The van der Waals surface area contributed by atoms with Crippen LogP contribution in [0.4, 0.5) is 0 Å². The Hall–Kier alpha value is -3.53. The second-order valence-corrected chi connectivity index (χ2v) is 7.37. The van der Waals surface area contributed by atoms with Gasteiger partial charge in [0.25, 0.3) is 5.56 Å². The van der Waals surface area contributed by atoms with E-state index in [2.05, 4.69) is 59.3 Å². The summed E-state index contributed by atoms with van der Waals surface area (Å²) in [5, 5.41) is 3.27. The summed E-state index contributed by atoms with van der Waals surface area (Å²) in [6.45, 7) is -0.0744. The van der Waals surface area contributed by atoms with Gasteiger partial charge in [-0.15, -0.1) is 0 Å². The van der Waals surface area contributed by atoms with Gasteiger partial charge in [-0.25, -0.2) is 0 Å². The maximum absolute atomic E-state index is 13.4. The van der Waals surface area contributed by atoms with Crippen LogP contribution in [0.25, 0.3) is 38.5 Å². The lowest BCUT2D eigenvalue weighted by Crippen LogP contribution is -2.52. The van der Waals surface area contributed by atoms with Crippen molar-refractivity contribution in [1.82, 2.24) is 9.27 Å². The molecular weight excluding hydrogens is 331 g/mol. The second-order valence-electron chi connectivity index (χ2n) is 7.37. The first-order valence-electron chi connectivity index (χ1n) is 9.22. The second kappa shape index (κ2) is 4.41. The Balaban J connectivity index is 1.77. The topological polar surface area (TPSA) is 26.9 Å². The summed E-state index contributed by atoms with van der Waals surface area (Å²) in [5.41, 5.74) is 7.12. The number of para-hydroxylation sites is 1. The highest BCUT2D eigenvalue weighted by atomic mass is 16.1. The van der Waals surface area contributed by atoms with Crippen molar-refractivity contribution in [3.05, 3.63) is 89.2 Å². The minimum absolute atomic E-state index is 0.0744. The molecular formula is C23H13BN2O. The third-order valence-corrected chi connectivity index (χ3v) is 6.14.